The molecule has 0 aromatic carbocycles. The summed E-state index contributed by atoms with van der Waals surface area (Å²) in [5.41, 5.74) is 0. The molecule has 0 aliphatic heterocycles. The highest BCUT2D eigenvalue weighted by molar-refractivity contribution is 5.80. The van der Waals surface area contributed by atoms with Crippen LogP contribution in [0.2, 0.25) is 0 Å². The van der Waals surface area contributed by atoms with E-state index >= 15 is 0 Å². The molecule has 1 unspecified atom stereocenters. The van der Waals surface area contributed by atoms with E-state index in [1.807, 2.05) is 0 Å². The Labute approximate surface area is 251 Å². The zero-order valence-corrected chi connectivity index (χ0v) is 26.4. The normalized spacial score (nSPS) is 12.4. The summed E-state index contributed by atoms with van der Waals surface area (Å²) in [6.45, 7) is 4.04. The monoisotopic (exact) mass is 575 g/mol. The van der Waals surface area contributed by atoms with Crippen LogP contribution in [0.4, 0.5) is 0 Å². The number of hydrogen-bond acceptors (Lipinski definition) is 4. The van der Waals surface area contributed by atoms with Gasteiger partial charge < -0.3 is 15.2 Å². The van der Waals surface area contributed by atoms with Crippen LogP contribution >= 0.6 is 0 Å². The third-order valence-corrected chi connectivity index (χ3v) is 7.08. The maximum atomic E-state index is 12.5. The molecule has 1 atom stereocenters. The van der Waals surface area contributed by atoms with Gasteiger partial charge in [0.05, 0.1) is 0 Å². The number of esters is 1. The van der Waals surface area contributed by atoms with Crippen LogP contribution in [0.1, 0.15) is 155 Å². The summed E-state index contributed by atoms with van der Waals surface area (Å²) in [5, 5.41) is 11.0. The van der Waals surface area contributed by atoms with Crippen molar-refractivity contribution in [1.82, 2.24) is 5.32 Å². The molecule has 6 heteroatoms. The molecule has 0 aromatic rings. The van der Waals surface area contributed by atoms with E-state index in [9.17, 15) is 14.4 Å². The van der Waals surface area contributed by atoms with E-state index in [0.717, 1.165) is 83.5 Å². The Bertz CT molecular complexity index is 728. The van der Waals surface area contributed by atoms with Crippen molar-refractivity contribution < 1.29 is 24.2 Å². The molecule has 0 rings (SSSR count). The Morgan fingerprint density at radius 2 is 1.20 bits per heavy atom. The number of carbonyl (C=O) groups is 3. The molecule has 0 radical (unpaired) electrons. The lowest BCUT2D eigenvalue weighted by Crippen LogP contribution is -2.28. The number of carbonyl (C=O) groups excluding carboxylic acids is 2. The Kier molecular flexibility index (Phi) is 28.8. The number of carboxylic acids is 1. The molecule has 0 saturated heterocycles. The zero-order valence-electron chi connectivity index (χ0n) is 26.4. The Morgan fingerprint density at radius 1 is 0.659 bits per heavy atom. The van der Waals surface area contributed by atoms with Gasteiger partial charge in [-0.25, -0.2) is 0 Å². The minimum atomic E-state index is -1.03. The average Bonchev–Trinajstić information content (AvgIpc) is 2.95. The second kappa shape index (κ2) is 30.6. The molecule has 0 saturated carbocycles. The minimum absolute atomic E-state index is 0.00238. The molecule has 0 spiro atoms. The molecule has 2 N–H and O–H groups in total. The van der Waals surface area contributed by atoms with Gasteiger partial charge in [0.2, 0.25) is 5.91 Å². The maximum Gasteiger partial charge on any atom is 0.322 e. The number of amides is 1. The summed E-state index contributed by atoms with van der Waals surface area (Å²) in [4.78, 5) is 34.6. The summed E-state index contributed by atoms with van der Waals surface area (Å²) in [6, 6.07) is 0. The molecule has 0 aliphatic rings. The lowest BCUT2D eigenvalue weighted by atomic mass is 10.0. The predicted molar refractivity (Wildman–Crippen MR) is 171 cm³/mol. The first-order valence-corrected chi connectivity index (χ1v) is 16.6. The Morgan fingerprint density at radius 3 is 1.83 bits per heavy atom. The van der Waals surface area contributed by atoms with Gasteiger partial charge in [0.15, 0.2) is 0 Å². The lowest BCUT2D eigenvalue weighted by molar-refractivity contribution is -0.150. The Hall–Kier alpha value is -2.37. The number of rotatable bonds is 29. The SMILES string of the molecule is CC/C=C\C/C=C\C/C=C\CCCCCCCC(=O)OC(CCCCCCC)CCCCCCC(=O)NCC(=O)O. The molecule has 0 bridgehead atoms. The van der Waals surface area contributed by atoms with E-state index in [1.165, 1.54) is 44.9 Å². The number of aliphatic carboxylic acids is 1. The van der Waals surface area contributed by atoms with Crippen molar-refractivity contribution in [3.8, 4) is 0 Å². The van der Waals surface area contributed by atoms with Crippen LogP contribution < -0.4 is 5.32 Å². The van der Waals surface area contributed by atoms with Crippen molar-refractivity contribution in [2.24, 2.45) is 0 Å². The summed E-state index contributed by atoms with van der Waals surface area (Å²) >= 11 is 0. The molecule has 0 aliphatic carbocycles. The van der Waals surface area contributed by atoms with Crippen LogP contribution in [0, 0.1) is 0 Å². The molecular formula is C35H61NO5. The van der Waals surface area contributed by atoms with Gasteiger partial charge >= 0.3 is 11.9 Å². The van der Waals surface area contributed by atoms with E-state index in [-0.39, 0.29) is 24.5 Å². The lowest BCUT2D eigenvalue weighted by Gasteiger charge is -2.18. The quantitative estimate of drug-likeness (QED) is 0.0526. The molecule has 0 heterocycles. The highest BCUT2D eigenvalue weighted by Gasteiger charge is 2.14. The van der Waals surface area contributed by atoms with Crippen molar-refractivity contribution in [3.63, 3.8) is 0 Å². The number of allylic oxidation sites excluding steroid dienone is 6. The van der Waals surface area contributed by atoms with Gasteiger partial charge in [-0.2, -0.15) is 0 Å². The summed E-state index contributed by atoms with van der Waals surface area (Å²) in [7, 11) is 0. The molecule has 6 nitrogen and oxygen atoms in total. The smallest absolute Gasteiger partial charge is 0.322 e. The van der Waals surface area contributed by atoms with Crippen LogP contribution in [0.15, 0.2) is 36.5 Å². The van der Waals surface area contributed by atoms with Crippen molar-refractivity contribution >= 4 is 17.8 Å². The Balaban J connectivity index is 4.03. The van der Waals surface area contributed by atoms with Crippen LogP contribution in [0.25, 0.3) is 0 Å². The fourth-order valence-electron chi connectivity index (χ4n) is 4.64. The maximum absolute atomic E-state index is 12.5. The second-order valence-corrected chi connectivity index (χ2v) is 11.0. The number of unbranched alkanes of at least 4 members (excludes halogenated alkanes) is 12. The number of hydrogen-bond donors (Lipinski definition) is 2. The number of carboxylic acid groups (broad SMARTS) is 1. The predicted octanol–water partition coefficient (Wildman–Crippen LogP) is 9.39. The van der Waals surface area contributed by atoms with Gasteiger partial charge in [-0.15, -0.1) is 0 Å². The van der Waals surface area contributed by atoms with Crippen molar-refractivity contribution in [2.75, 3.05) is 6.54 Å². The van der Waals surface area contributed by atoms with Crippen LogP contribution in [0.3, 0.4) is 0 Å². The van der Waals surface area contributed by atoms with Gasteiger partial charge in [-0.05, 0) is 70.6 Å². The van der Waals surface area contributed by atoms with E-state index in [2.05, 4.69) is 55.6 Å². The summed E-state index contributed by atoms with van der Waals surface area (Å²) in [6.07, 6.45) is 35.5. The minimum Gasteiger partial charge on any atom is -0.480 e. The van der Waals surface area contributed by atoms with Crippen LogP contribution in [-0.4, -0.2) is 35.6 Å². The first-order chi connectivity index (χ1) is 20.0. The highest BCUT2D eigenvalue weighted by atomic mass is 16.5. The molecule has 0 fully saturated rings. The van der Waals surface area contributed by atoms with Crippen molar-refractivity contribution in [3.05, 3.63) is 36.5 Å². The molecule has 0 aromatic heterocycles. The standard InChI is InChI=1S/C35H61NO5/c1-3-5-7-9-10-11-12-13-14-15-16-17-18-20-26-30-35(40)41-32(27-23-19-8-6-4-2)28-24-21-22-25-29-33(37)36-31-34(38)39/h5,7,10-11,13-14,32H,3-4,6,8-9,12,15-31H2,1-2H3,(H,36,37)(H,38,39)/b7-5-,11-10-,14-13-. The molecule has 236 valence electrons. The van der Waals surface area contributed by atoms with Crippen molar-refractivity contribution in [1.29, 1.82) is 0 Å². The van der Waals surface area contributed by atoms with Gasteiger partial charge in [0, 0.05) is 12.8 Å². The first-order valence-electron chi connectivity index (χ1n) is 16.6. The summed E-state index contributed by atoms with van der Waals surface area (Å²) < 4.78 is 5.90. The number of ether oxygens (including phenoxy) is 1. The van der Waals surface area contributed by atoms with Crippen molar-refractivity contribution in [2.45, 2.75) is 161 Å². The first kappa shape index (κ1) is 38.6. The van der Waals surface area contributed by atoms with Crippen LogP contribution in [-0.2, 0) is 19.1 Å². The van der Waals surface area contributed by atoms with Gasteiger partial charge in [-0.3, -0.25) is 14.4 Å². The highest BCUT2D eigenvalue weighted by Crippen LogP contribution is 2.18. The topological polar surface area (TPSA) is 92.7 Å². The van der Waals surface area contributed by atoms with Crippen LogP contribution in [0.5, 0.6) is 0 Å². The molecular weight excluding hydrogens is 514 g/mol. The summed E-state index contributed by atoms with van der Waals surface area (Å²) in [5.74, 6) is -1.29. The number of nitrogens with one attached hydrogen (secondary N) is 1. The van der Waals surface area contributed by atoms with Gasteiger partial charge in [0.1, 0.15) is 12.6 Å². The van der Waals surface area contributed by atoms with E-state index in [4.69, 9.17) is 9.84 Å². The van der Waals surface area contributed by atoms with E-state index < -0.39 is 5.97 Å². The van der Waals surface area contributed by atoms with Gasteiger partial charge in [-0.1, -0.05) is 108 Å². The largest absolute Gasteiger partial charge is 0.480 e. The zero-order chi connectivity index (χ0) is 30.2. The average molecular weight is 576 g/mol. The van der Waals surface area contributed by atoms with Gasteiger partial charge in [0.25, 0.3) is 0 Å². The second-order valence-electron chi connectivity index (χ2n) is 11.0. The van der Waals surface area contributed by atoms with E-state index in [1.54, 1.807) is 0 Å². The molecule has 1 amide bonds. The third kappa shape index (κ3) is 30.4. The fourth-order valence-corrected chi connectivity index (χ4v) is 4.64. The van der Waals surface area contributed by atoms with E-state index in [0.29, 0.717) is 12.8 Å². The fraction of sp³-hybridized carbons (Fsp3) is 0.743. The molecule has 41 heavy (non-hydrogen) atoms. The third-order valence-electron chi connectivity index (χ3n) is 7.08.